The molecule has 0 aliphatic heterocycles. The Hall–Kier alpha value is -1.56. The smallest absolute Gasteiger partial charge is 0.0270 e. The van der Waals surface area contributed by atoms with Crippen LogP contribution in [0.4, 0.5) is 0 Å². The van der Waals surface area contributed by atoms with Gasteiger partial charge in [0.1, 0.15) is 0 Å². The predicted octanol–water partition coefficient (Wildman–Crippen LogP) is 7.24. The quantitative estimate of drug-likeness (QED) is 0.417. The van der Waals surface area contributed by atoms with Crippen LogP contribution in [-0.2, 0) is 51.4 Å². The molecule has 2 aromatic carbocycles. The summed E-state index contributed by atoms with van der Waals surface area (Å²) in [5, 5.41) is 0. The van der Waals surface area contributed by atoms with Gasteiger partial charge >= 0.3 is 0 Å². The van der Waals surface area contributed by atoms with E-state index in [1.807, 2.05) is 0 Å². The van der Waals surface area contributed by atoms with Crippen molar-refractivity contribution in [1.29, 1.82) is 0 Å². The molecule has 0 aliphatic rings. The van der Waals surface area contributed by atoms with E-state index in [0.29, 0.717) is 0 Å². The Morgan fingerprint density at radius 2 is 0.741 bits per heavy atom. The molecule has 2 rings (SSSR count). The molecule has 0 N–H and O–H groups in total. The van der Waals surface area contributed by atoms with Crippen molar-refractivity contribution in [3.8, 4) is 0 Å². The molecule has 0 saturated heterocycles. The lowest BCUT2D eigenvalue weighted by atomic mass is 9.87. The molecule has 0 saturated carbocycles. The Morgan fingerprint density at radius 3 is 0.963 bits per heavy atom. The van der Waals surface area contributed by atoms with Gasteiger partial charge in [0.15, 0.2) is 0 Å². The topological polar surface area (TPSA) is 0 Å². The molecule has 0 atom stereocenters. The molecule has 27 heavy (non-hydrogen) atoms. The molecule has 148 valence electrons. The molecule has 0 fully saturated rings. The third-order valence-corrected chi connectivity index (χ3v) is 6.18. The summed E-state index contributed by atoms with van der Waals surface area (Å²) in [6.45, 7) is 13.8. The van der Waals surface area contributed by atoms with E-state index in [4.69, 9.17) is 0 Å². The normalized spacial score (nSPS) is 11.2. The molecule has 0 aromatic heterocycles. The van der Waals surface area contributed by atoms with Gasteiger partial charge in [-0.05, 0) is 102 Å². The Labute approximate surface area is 168 Å². The van der Waals surface area contributed by atoms with Crippen LogP contribution in [-0.4, -0.2) is 0 Å². The second-order valence-corrected chi connectivity index (χ2v) is 7.76. The first-order valence-corrected chi connectivity index (χ1v) is 11.4. The molecule has 0 radical (unpaired) electrons. The summed E-state index contributed by atoms with van der Waals surface area (Å²) in [5.41, 5.74) is 12.6. The van der Waals surface area contributed by atoms with Gasteiger partial charge in [0, 0.05) is 0 Å². The Balaban J connectivity index is 2.24. The van der Waals surface area contributed by atoms with Crippen molar-refractivity contribution < 1.29 is 0 Å². The van der Waals surface area contributed by atoms with Gasteiger partial charge in [-0.25, -0.2) is 0 Å². The van der Waals surface area contributed by atoms with E-state index in [1.165, 1.54) is 30.4 Å². The fourth-order valence-electron chi connectivity index (χ4n) is 4.49. The molecule has 2 aromatic rings. The molecular weight excluding hydrogens is 324 g/mol. The zero-order valence-electron chi connectivity index (χ0n) is 18.7. The molecular formula is C27H40. The lowest BCUT2D eigenvalue weighted by molar-refractivity contribution is 0.781. The van der Waals surface area contributed by atoms with Crippen molar-refractivity contribution in [1.82, 2.24) is 0 Å². The molecule has 0 bridgehead atoms. The molecule has 0 nitrogen and oxygen atoms in total. The Bertz CT molecular complexity index is 622. The number of hydrogen-bond donors (Lipinski definition) is 0. The average molecular weight is 365 g/mol. The zero-order chi connectivity index (χ0) is 19.8. The number of rotatable bonds is 10. The lowest BCUT2D eigenvalue weighted by Crippen LogP contribution is -2.05. The highest BCUT2D eigenvalue weighted by Gasteiger charge is 2.12. The van der Waals surface area contributed by atoms with Gasteiger partial charge in [-0.2, -0.15) is 0 Å². The second kappa shape index (κ2) is 10.7. The van der Waals surface area contributed by atoms with Crippen molar-refractivity contribution in [2.75, 3.05) is 0 Å². The summed E-state index contributed by atoms with van der Waals surface area (Å²) >= 11 is 0. The maximum absolute atomic E-state index is 2.46. The van der Waals surface area contributed by atoms with Crippen LogP contribution >= 0.6 is 0 Å². The van der Waals surface area contributed by atoms with Crippen molar-refractivity contribution in [2.45, 2.75) is 99.3 Å². The van der Waals surface area contributed by atoms with E-state index < -0.39 is 0 Å². The van der Waals surface area contributed by atoms with Crippen LogP contribution in [0.1, 0.15) is 92.5 Å². The first-order valence-electron chi connectivity index (χ1n) is 11.4. The summed E-state index contributed by atoms with van der Waals surface area (Å²) in [4.78, 5) is 0. The minimum Gasteiger partial charge on any atom is -0.0613 e. The van der Waals surface area contributed by atoms with Crippen LogP contribution in [0.2, 0.25) is 0 Å². The van der Waals surface area contributed by atoms with Crippen LogP contribution in [0.25, 0.3) is 0 Å². The first-order chi connectivity index (χ1) is 13.1. The summed E-state index contributed by atoms with van der Waals surface area (Å²) in [7, 11) is 0. The number of aryl methyl sites for hydroxylation is 6. The van der Waals surface area contributed by atoms with Gasteiger partial charge in [-0.1, -0.05) is 65.8 Å². The maximum atomic E-state index is 2.46. The van der Waals surface area contributed by atoms with Gasteiger partial charge in [-0.3, -0.25) is 0 Å². The highest BCUT2D eigenvalue weighted by molar-refractivity contribution is 5.42. The fourth-order valence-corrected chi connectivity index (χ4v) is 4.49. The third kappa shape index (κ3) is 5.24. The molecule has 0 amide bonds. The molecule has 0 spiro atoms. The highest BCUT2D eigenvalue weighted by Crippen LogP contribution is 2.25. The van der Waals surface area contributed by atoms with E-state index >= 15 is 0 Å². The zero-order valence-corrected chi connectivity index (χ0v) is 18.7. The second-order valence-electron chi connectivity index (χ2n) is 7.76. The third-order valence-electron chi connectivity index (χ3n) is 6.18. The van der Waals surface area contributed by atoms with Gasteiger partial charge in [0.05, 0.1) is 0 Å². The van der Waals surface area contributed by atoms with Crippen molar-refractivity contribution in [2.24, 2.45) is 0 Å². The monoisotopic (exact) mass is 364 g/mol. The van der Waals surface area contributed by atoms with Crippen LogP contribution in [0.3, 0.4) is 0 Å². The maximum Gasteiger partial charge on any atom is -0.0270 e. The fraction of sp³-hybridized carbons (Fsp3) is 0.556. The summed E-state index contributed by atoms with van der Waals surface area (Å²) < 4.78 is 0. The molecule has 0 aliphatic carbocycles. The minimum atomic E-state index is 1.14. The molecule has 0 heterocycles. The predicted molar refractivity (Wildman–Crippen MR) is 121 cm³/mol. The van der Waals surface area contributed by atoms with Gasteiger partial charge < -0.3 is 0 Å². The van der Waals surface area contributed by atoms with E-state index in [1.54, 1.807) is 33.4 Å². The van der Waals surface area contributed by atoms with Crippen LogP contribution in [0.15, 0.2) is 24.3 Å². The van der Waals surface area contributed by atoms with Crippen molar-refractivity contribution >= 4 is 0 Å². The Kier molecular flexibility index (Phi) is 8.61. The summed E-state index contributed by atoms with van der Waals surface area (Å²) in [6.07, 6.45) is 10.6. The van der Waals surface area contributed by atoms with Crippen molar-refractivity contribution in [3.63, 3.8) is 0 Å². The standard InChI is InChI=1S/C27H40/c1-7-20-16-22(9-3)26(23(10-4)17-20)14-13-15-27-24(11-5)18-21(8-2)19-25(27)12-6/h16-19H,7-15H2,1-6H3. The van der Waals surface area contributed by atoms with Crippen LogP contribution in [0.5, 0.6) is 0 Å². The molecule has 0 heteroatoms. The van der Waals surface area contributed by atoms with Gasteiger partial charge in [-0.15, -0.1) is 0 Å². The average Bonchev–Trinajstić information content (AvgIpc) is 2.72. The largest absolute Gasteiger partial charge is 0.0613 e. The SMILES string of the molecule is CCc1cc(CC)c(CCCc2c(CC)cc(CC)cc2CC)c(CC)c1. The first kappa shape index (κ1) is 21.7. The van der Waals surface area contributed by atoms with E-state index in [-0.39, 0.29) is 0 Å². The Morgan fingerprint density at radius 1 is 0.444 bits per heavy atom. The van der Waals surface area contributed by atoms with E-state index in [2.05, 4.69) is 65.8 Å². The van der Waals surface area contributed by atoms with Crippen molar-refractivity contribution in [3.05, 3.63) is 68.8 Å². The van der Waals surface area contributed by atoms with Gasteiger partial charge in [0.2, 0.25) is 0 Å². The van der Waals surface area contributed by atoms with Crippen LogP contribution < -0.4 is 0 Å². The number of benzene rings is 2. The summed E-state index contributed by atoms with van der Waals surface area (Å²) in [5.74, 6) is 0. The van der Waals surface area contributed by atoms with E-state index in [9.17, 15) is 0 Å². The minimum absolute atomic E-state index is 1.14. The van der Waals surface area contributed by atoms with Gasteiger partial charge in [0.25, 0.3) is 0 Å². The van der Waals surface area contributed by atoms with Crippen LogP contribution in [0, 0.1) is 0 Å². The summed E-state index contributed by atoms with van der Waals surface area (Å²) in [6, 6.07) is 9.83. The number of hydrogen-bond acceptors (Lipinski definition) is 0. The molecule has 0 unspecified atom stereocenters. The lowest BCUT2D eigenvalue weighted by Gasteiger charge is -2.18. The highest BCUT2D eigenvalue weighted by atomic mass is 14.2. The van der Waals surface area contributed by atoms with E-state index in [0.717, 1.165) is 38.5 Å².